The lowest BCUT2D eigenvalue weighted by Gasteiger charge is -2.09. The van der Waals surface area contributed by atoms with Crippen LogP contribution in [0.1, 0.15) is 0 Å². The molecule has 0 unspecified atom stereocenters. The molecule has 4 heterocycles. The fourth-order valence-corrected chi connectivity index (χ4v) is 8.07. The molecule has 7 aromatic carbocycles. The number of fused-ring (bicyclic) bond motifs is 11. The van der Waals surface area contributed by atoms with Gasteiger partial charge in [0, 0.05) is 48.8 Å². The maximum Gasteiger partial charge on any atom is 0.0784 e. The van der Waals surface area contributed by atoms with Gasteiger partial charge in [-0.25, -0.2) is 0 Å². The molecule has 43 heavy (non-hydrogen) atoms. The zero-order chi connectivity index (χ0) is 27.8. The van der Waals surface area contributed by atoms with Gasteiger partial charge in [-0.3, -0.25) is 0 Å². The largest absolute Gasteiger partial charge is 0.352 e. The first-order valence-electron chi connectivity index (χ1n) is 14.9. The molecule has 11 rings (SSSR count). The molecule has 0 bridgehead atoms. The quantitative estimate of drug-likeness (QED) is 0.212. The number of rotatable bonds is 1. The summed E-state index contributed by atoms with van der Waals surface area (Å²) < 4.78 is 4.98. The van der Waals surface area contributed by atoms with Gasteiger partial charge in [-0.1, -0.05) is 97.1 Å². The normalized spacial score (nSPS) is 12.7. The molecule has 0 saturated carbocycles. The van der Waals surface area contributed by atoms with Crippen molar-refractivity contribution in [2.24, 2.45) is 0 Å². The molecule has 3 heteroatoms. The van der Waals surface area contributed by atoms with E-state index in [1.165, 1.54) is 98.2 Å². The molecular formula is C40H23N3. The smallest absolute Gasteiger partial charge is 0.0784 e. The van der Waals surface area contributed by atoms with Crippen molar-refractivity contribution in [1.82, 2.24) is 14.0 Å². The second-order valence-electron chi connectivity index (χ2n) is 11.8. The zero-order valence-electron chi connectivity index (χ0n) is 23.1. The number of nitrogens with one attached hydrogen (secondary N) is 1. The van der Waals surface area contributed by atoms with E-state index in [9.17, 15) is 0 Å². The molecule has 3 nitrogen and oxygen atoms in total. The minimum atomic E-state index is 1.17. The van der Waals surface area contributed by atoms with Crippen LogP contribution < -0.4 is 0 Å². The van der Waals surface area contributed by atoms with Crippen LogP contribution in [-0.2, 0) is 0 Å². The van der Waals surface area contributed by atoms with Crippen molar-refractivity contribution >= 4 is 92.5 Å². The second kappa shape index (κ2) is 7.53. The third-order valence-corrected chi connectivity index (χ3v) is 9.73. The van der Waals surface area contributed by atoms with E-state index in [2.05, 4.69) is 147 Å². The Bertz CT molecular complexity index is 2930. The van der Waals surface area contributed by atoms with Crippen molar-refractivity contribution in [2.75, 3.05) is 0 Å². The number of nitrogens with zero attached hydrogens (tertiary/aromatic N) is 2. The second-order valence-corrected chi connectivity index (χ2v) is 11.8. The van der Waals surface area contributed by atoms with Crippen LogP contribution in [0.2, 0.25) is 0 Å². The lowest BCUT2D eigenvalue weighted by atomic mass is 9.98. The summed E-state index contributed by atoms with van der Waals surface area (Å²) >= 11 is 0. The predicted molar refractivity (Wildman–Crippen MR) is 182 cm³/mol. The van der Waals surface area contributed by atoms with Crippen LogP contribution >= 0.6 is 0 Å². The van der Waals surface area contributed by atoms with Gasteiger partial charge in [0.2, 0.25) is 0 Å². The standard InChI is InChI=1S/C40H23N3/c1-2-12-24(13-3-1)42-32-19-8-7-16-27(32)31-22-34-36-35-30(21-23-11-4-5-14-25(23)37(35)41-38(36)40(31)42)29-18-10-17-28-26-15-6-9-20-33(26)43(34)39(28)29/h1-22,41H. The van der Waals surface area contributed by atoms with Gasteiger partial charge < -0.3 is 14.0 Å². The number of hydrogen-bond acceptors (Lipinski definition) is 0. The van der Waals surface area contributed by atoms with Crippen molar-refractivity contribution in [3.63, 3.8) is 0 Å². The molecule has 198 valence electrons. The van der Waals surface area contributed by atoms with Gasteiger partial charge >= 0.3 is 0 Å². The van der Waals surface area contributed by atoms with Gasteiger partial charge in [-0.2, -0.15) is 0 Å². The Morgan fingerprint density at radius 3 is 1.88 bits per heavy atom. The van der Waals surface area contributed by atoms with Gasteiger partial charge in [-0.15, -0.1) is 0 Å². The molecule has 0 aliphatic carbocycles. The number of benzene rings is 7. The van der Waals surface area contributed by atoms with Crippen LogP contribution in [0.15, 0.2) is 133 Å². The van der Waals surface area contributed by atoms with Crippen molar-refractivity contribution < 1.29 is 0 Å². The Balaban J connectivity index is 1.57. The summed E-state index contributed by atoms with van der Waals surface area (Å²) in [5.74, 6) is 0. The summed E-state index contributed by atoms with van der Waals surface area (Å²) in [6.07, 6.45) is 0. The summed E-state index contributed by atoms with van der Waals surface area (Å²) in [4.78, 5) is 4.05. The van der Waals surface area contributed by atoms with Gasteiger partial charge in [0.15, 0.2) is 0 Å². The van der Waals surface area contributed by atoms with Crippen LogP contribution in [0.5, 0.6) is 0 Å². The predicted octanol–water partition coefficient (Wildman–Crippen LogP) is 10.7. The zero-order valence-corrected chi connectivity index (χ0v) is 23.1. The molecular weight excluding hydrogens is 522 g/mol. The van der Waals surface area contributed by atoms with E-state index in [-0.39, 0.29) is 0 Å². The first-order valence-corrected chi connectivity index (χ1v) is 14.9. The number of H-pyrrole nitrogens is 1. The summed E-state index contributed by atoms with van der Waals surface area (Å²) in [5.41, 5.74) is 9.73. The third kappa shape index (κ3) is 2.54. The molecule has 1 N–H and O–H groups in total. The van der Waals surface area contributed by atoms with Crippen LogP contribution in [0.25, 0.3) is 98.2 Å². The van der Waals surface area contributed by atoms with Crippen molar-refractivity contribution in [3.8, 4) is 5.69 Å². The SMILES string of the molecule is c1ccc(-n2c3ccccc3c3cc4c5c([nH]c6c7ccccc7cc(c7cccc8c9ccccc9n4c78)c65)c32)cc1. The molecule has 0 aliphatic heterocycles. The summed E-state index contributed by atoms with van der Waals surface area (Å²) in [6.45, 7) is 0. The van der Waals surface area contributed by atoms with E-state index < -0.39 is 0 Å². The van der Waals surface area contributed by atoms with E-state index in [4.69, 9.17) is 0 Å². The summed E-state index contributed by atoms with van der Waals surface area (Å²) in [6, 6.07) is 49.0. The average molecular weight is 546 g/mol. The Kier molecular flexibility index (Phi) is 3.83. The van der Waals surface area contributed by atoms with E-state index in [1.807, 2.05) is 0 Å². The van der Waals surface area contributed by atoms with Crippen molar-refractivity contribution in [3.05, 3.63) is 133 Å². The minimum Gasteiger partial charge on any atom is -0.352 e. The van der Waals surface area contributed by atoms with Gasteiger partial charge in [0.1, 0.15) is 0 Å². The highest BCUT2D eigenvalue weighted by Gasteiger charge is 2.24. The topological polar surface area (TPSA) is 25.1 Å². The van der Waals surface area contributed by atoms with E-state index in [0.29, 0.717) is 0 Å². The first kappa shape index (κ1) is 21.9. The lowest BCUT2D eigenvalue weighted by Crippen LogP contribution is -1.94. The highest BCUT2D eigenvalue weighted by atomic mass is 15.0. The summed E-state index contributed by atoms with van der Waals surface area (Å²) in [7, 11) is 0. The number of aromatic nitrogens is 3. The Morgan fingerprint density at radius 1 is 0.395 bits per heavy atom. The number of aromatic amines is 1. The third-order valence-electron chi connectivity index (χ3n) is 9.73. The number of hydrogen-bond donors (Lipinski definition) is 1. The van der Waals surface area contributed by atoms with Crippen LogP contribution in [-0.4, -0.2) is 14.0 Å². The van der Waals surface area contributed by atoms with E-state index in [0.717, 1.165) is 0 Å². The molecule has 0 saturated heterocycles. The van der Waals surface area contributed by atoms with Gasteiger partial charge in [0.05, 0.1) is 38.6 Å². The van der Waals surface area contributed by atoms with Crippen LogP contribution in [0.3, 0.4) is 0 Å². The molecule has 0 atom stereocenters. The lowest BCUT2D eigenvalue weighted by molar-refractivity contribution is 1.18. The molecule has 11 aromatic rings. The fraction of sp³-hybridized carbons (Fsp3) is 0. The highest BCUT2D eigenvalue weighted by Crippen LogP contribution is 2.47. The minimum absolute atomic E-state index is 1.17. The maximum absolute atomic E-state index is 4.05. The molecule has 0 amide bonds. The fourth-order valence-electron chi connectivity index (χ4n) is 8.07. The Labute approximate surface area is 245 Å². The van der Waals surface area contributed by atoms with Gasteiger partial charge in [0.25, 0.3) is 0 Å². The Hall–Kier alpha value is -5.80. The molecule has 0 fully saturated rings. The van der Waals surface area contributed by atoms with Crippen molar-refractivity contribution in [1.29, 1.82) is 0 Å². The average Bonchev–Trinajstić information content (AvgIpc) is 3.70. The Morgan fingerprint density at radius 2 is 1.05 bits per heavy atom. The van der Waals surface area contributed by atoms with Crippen LogP contribution in [0.4, 0.5) is 0 Å². The molecule has 0 spiro atoms. The molecule has 0 aliphatic rings. The summed E-state index contributed by atoms with van der Waals surface area (Å²) in [5, 5.41) is 12.7. The molecule has 0 radical (unpaired) electrons. The monoisotopic (exact) mass is 545 g/mol. The van der Waals surface area contributed by atoms with Crippen molar-refractivity contribution in [2.45, 2.75) is 0 Å². The maximum atomic E-state index is 4.05. The van der Waals surface area contributed by atoms with Gasteiger partial charge in [-0.05, 0) is 47.2 Å². The molecule has 4 aromatic heterocycles. The van der Waals surface area contributed by atoms with E-state index in [1.54, 1.807) is 0 Å². The van der Waals surface area contributed by atoms with Crippen LogP contribution in [0, 0.1) is 0 Å². The first-order chi connectivity index (χ1) is 21.4. The number of para-hydroxylation sites is 4. The highest BCUT2D eigenvalue weighted by molar-refractivity contribution is 6.38. The van der Waals surface area contributed by atoms with E-state index >= 15 is 0 Å².